The van der Waals surface area contributed by atoms with E-state index in [4.69, 9.17) is 10.00 Å². The number of ketones is 1. The van der Waals surface area contributed by atoms with Crippen molar-refractivity contribution >= 4 is 11.8 Å². The van der Waals surface area contributed by atoms with Gasteiger partial charge in [0.1, 0.15) is 0 Å². The van der Waals surface area contributed by atoms with E-state index in [1.165, 1.54) is 17.2 Å². The fourth-order valence-corrected chi connectivity index (χ4v) is 2.96. The number of fused-ring (bicyclic) bond motifs is 1. The lowest BCUT2D eigenvalue weighted by Gasteiger charge is -2.13. The summed E-state index contributed by atoms with van der Waals surface area (Å²) in [5.41, 5.74) is 3.72. The molecule has 0 unspecified atom stereocenters. The van der Waals surface area contributed by atoms with Gasteiger partial charge in [-0.2, -0.15) is 5.26 Å². The van der Waals surface area contributed by atoms with E-state index < -0.39 is 12.1 Å². The van der Waals surface area contributed by atoms with Crippen molar-refractivity contribution < 1.29 is 14.3 Å². The van der Waals surface area contributed by atoms with Gasteiger partial charge in [0.25, 0.3) is 0 Å². The van der Waals surface area contributed by atoms with Crippen LogP contribution in [0.3, 0.4) is 0 Å². The van der Waals surface area contributed by atoms with Crippen LogP contribution in [0.5, 0.6) is 0 Å². The minimum Gasteiger partial charge on any atom is -0.451 e. The number of carbonyl (C=O) groups excluding carboxylic acids is 2. The second-order valence-electron chi connectivity index (χ2n) is 5.94. The van der Waals surface area contributed by atoms with Crippen molar-refractivity contribution in [1.29, 1.82) is 5.26 Å². The van der Waals surface area contributed by atoms with E-state index >= 15 is 0 Å². The van der Waals surface area contributed by atoms with Gasteiger partial charge >= 0.3 is 5.97 Å². The van der Waals surface area contributed by atoms with Crippen LogP contribution >= 0.6 is 0 Å². The lowest BCUT2D eigenvalue weighted by molar-refractivity contribution is 0.0319. The summed E-state index contributed by atoms with van der Waals surface area (Å²) in [6, 6.07) is 13.9. The van der Waals surface area contributed by atoms with E-state index in [9.17, 15) is 9.59 Å². The number of ether oxygens (including phenoxy) is 1. The molecule has 0 aromatic heterocycles. The molecule has 0 heterocycles. The SMILES string of the molecule is C[C@@H](OC(=O)c1cccc(C#N)c1)C(=O)c1ccc2c(c1)CCC2. The minimum absolute atomic E-state index is 0.213. The van der Waals surface area contributed by atoms with Crippen LogP contribution in [-0.4, -0.2) is 17.9 Å². The van der Waals surface area contributed by atoms with Gasteiger partial charge < -0.3 is 4.74 Å². The zero-order chi connectivity index (χ0) is 17.1. The Morgan fingerprint density at radius 2 is 1.88 bits per heavy atom. The van der Waals surface area contributed by atoms with E-state index in [1.807, 2.05) is 18.2 Å². The van der Waals surface area contributed by atoms with Crippen molar-refractivity contribution in [1.82, 2.24) is 0 Å². The molecule has 0 spiro atoms. The lowest BCUT2D eigenvalue weighted by atomic mass is 10.0. The second kappa shape index (κ2) is 6.67. The zero-order valence-corrected chi connectivity index (χ0v) is 13.4. The first-order valence-electron chi connectivity index (χ1n) is 7.95. The third kappa shape index (κ3) is 3.21. The van der Waals surface area contributed by atoms with Gasteiger partial charge in [-0.15, -0.1) is 0 Å². The van der Waals surface area contributed by atoms with Crippen LogP contribution in [0.25, 0.3) is 0 Å². The highest BCUT2D eigenvalue weighted by atomic mass is 16.5. The van der Waals surface area contributed by atoms with Crippen LogP contribution in [0.4, 0.5) is 0 Å². The topological polar surface area (TPSA) is 67.2 Å². The third-order valence-corrected chi connectivity index (χ3v) is 4.26. The Morgan fingerprint density at radius 3 is 2.67 bits per heavy atom. The molecule has 2 aromatic rings. The van der Waals surface area contributed by atoms with Gasteiger partial charge in [-0.3, -0.25) is 4.79 Å². The highest BCUT2D eigenvalue weighted by Crippen LogP contribution is 2.23. The number of nitriles is 1. The molecule has 0 aliphatic heterocycles. The predicted molar refractivity (Wildman–Crippen MR) is 88.8 cm³/mol. The molecule has 24 heavy (non-hydrogen) atoms. The number of rotatable bonds is 4. The fraction of sp³-hybridized carbons (Fsp3) is 0.250. The first-order valence-corrected chi connectivity index (χ1v) is 7.95. The van der Waals surface area contributed by atoms with Crippen molar-refractivity contribution in [3.05, 3.63) is 70.3 Å². The van der Waals surface area contributed by atoms with Crippen LogP contribution in [0.2, 0.25) is 0 Å². The fourth-order valence-electron chi connectivity index (χ4n) is 2.96. The second-order valence-corrected chi connectivity index (χ2v) is 5.94. The quantitative estimate of drug-likeness (QED) is 0.639. The highest BCUT2D eigenvalue weighted by Gasteiger charge is 2.22. The highest BCUT2D eigenvalue weighted by molar-refractivity contribution is 6.01. The lowest BCUT2D eigenvalue weighted by Crippen LogP contribution is -2.24. The molecule has 0 N–H and O–H groups in total. The zero-order valence-electron chi connectivity index (χ0n) is 13.4. The number of hydrogen-bond acceptors (Lipinski definition) is 4. The maximum Gasteiger partial charge on any atom is 0.338 e. The Labute approximate surface area is 140 Å². The van der Waals surface area contributed by atoms with Gasteiger partial charge in [0, 0.05) is 5.56 Å². The van der Waals surface area contributed by atoms with Crippen molar-refractivity contribution in [2.75, 3.05) is 0 Å². The minimum atomic E-state index is -0.873. The molecule has 4 heteroatoms. The largest absolute Gasteiger partial charge is 0.451 e. The number of aryl methyl sites for hydroxylation is 2. The Balaban J connectivity index is 1.72. The molecule has 0 saturated heterocycles. The standard InChI is InChI=1S/C20H17NO3/c1-13(24-20(23)18-7-2-4-14(10-18)12-21)19(22)17-9-8-15-5-3-6-16(15)11-17/h2,4,7-11,13H,3,5-6H2,1H3/t13-/m1/s1. The number of nitrogens with zero attached hydrogens (tertiary/aromatic N) is 1. The average molecular weight is 319 g/mol. The van der Waals surface area contributed by atoms with Gasteiger partial charge in [-0.05, 0) is 61.6 Å². The average Bonchev–Trinajstić information content (AvgIpc) is 3.08. The number of benzene rings is 2. The van der Waals surface area contributed by atoms with Crippen molar-refractivity contribution in [3.8, 4) is 6.07 Å². The van der Waals surface area contributed by atoms with E-state index in [1.54, 1.807) is 31.2 Å². The maximum absolute atomic E-state index is 12.5. The molecule has 3 rings (SSSR count). The predicted octanol–water partition coefficient (Wildman–Crippen LogP) is 3.48. The molecule has 0 bridgehead atoms. The Hall–Kier alpha value is -2.93. The molecule has 0 amide bonds. The molecular formula is C20H17NO3. The first kappa shape index (κ1) is 15.9. The number of hydrogen-bond donors (Lipinski definition) is 0. The summed E-state index contributed by atoms with van der Waals surface area (Å²) in [6.45, 7) is 1.57. The normalized spacial score (nSPS) is 13.7. The third-order valence-electron chi connectivity index (χ3n) is 4.26. The van der Waals surface area contributed by atoms with E-state index in [2.05, 4.69) is 0 Å². The van der Waals surface area contributed by atoms with Crippen LogP contribution in [0, 0.1) is 11.3 Å². The van der Waals surface area contributed by atoms with Crippen LogP contribution in [0.1, 0.15) is 50.8 Å². The Bertz CT molecular complexity index is 848. The van der Waals surface area contributed by atoms with Crippen molar-refractivity contribution in [2.45, 2.75) is 32.3 Å². The van der Waals surface area contributed by atoms with Gasteiger partial charge in [0.05, 0.1) is 17.2 Å². The number of Topliss-reactive ketones (excluding diaryl/α,β-unsaturated/α-hetero) is 1. The number of carbonyl (C=O) groups is 2. The molecule has 1 aliphatic rings. The number of esters is 1. The summed E-state index contributed by atoms with van der Waals surface area (Å²) in [6.07, 6.45) is 2.30. The summed E-state index contributed by atoms with van der Waals surface area (Å²) in [5, 5.41) is 8.88. The molecule has 120 valence electrons. The van der Waals surface area contributed by atoms with E-state index in [0.29, 0.717) is 11.1 Å². The molecule has 1 aliphatic carbocycles. The molecule has 2 aromatic carbocycles. The van der Waals surface area contributed by atoms with Crippen molar-refractivity contribution in [2.24, 2.45) is 0 Å². The van der Waals surface area contributed by atoms with Gasteiger partial charge in [-0.25, -0.2) is 4.79 Å². The monoisotopic (exact) mass is 319 g/mol. The van der Waals surface area contributed by atoms with Crippen LogP contribution in [-0.2, 0) is 17.6 Å². The maximum atomic E-state index is 12.5. The van der Waals surface area contributed by atoms with Gasteiger partial charge in [0.15, 0.2) is 6.10 Å². The smallest absolute Gasteiger partial charge is 0.338 e. The summed E-state index contributed by atoms with van der Waals surface area (Å²) in [5.74, 6) is -0.816. The summed E-state index contributed by atoms with van der Waals surface area (Å²) < 4.78 is 5.27. The van der Waals surface area contributed by atoms with Gasteiger partial charge in [-0.1, -0.05) is 18.2 Å². The Morgan fingerprint density at radius 1 is 1.08 bits per heavy atom. The molecule has 1 atom stereocenters. The molecular weight excluding hydrogens is 302 g/mol. The Kier molecular flexibility index (Phi) is 4.43. The first-order chi connectivity index (χ1) is 11.6. The molecule has 0 saturated carbocycles. The molecule has 0 radical (unpaired) electrons. The van der Waals surface area contributed by atoms with E-state index in [0.717, 1.165) is 19.3 Å². The van der Waals surface area contributed by atoms with Gasteiger partial charge in [0.2, 0.25) is 5.78 Å². The summed E-state index contributed by atoms with van der Waals surface area (Å²) in [4.78, 5) is 24.7. The van der Waals surface area contributed by atoms with Crippen LogP contribution in [0.15, 0.2) is 42.5 Å². The summed E-state index contributed by atoms with van der Waals surface area (Å²) >= 11 is 0. The van der Waals surface area contributed by atoms with Crippen LogP contribution < -0.4 is 0 Å². The van der Waals surface area contributed by atoms with Crippen molar-refractivity contribution in [3.63, 3.8) is 0 Å². The van der Waals surface area contributed by atoms with E-state index in [-0.39, 0.29) is 11.3 Å². The molecule has 4 nitrogen and oxygen atoms in total. The summed E-state index contributed by atoms with van der Waals surface area (Å²) in [7, 11) is 0. The molecule has 0 fully saturated rings.